The molecule has 0 radical (unpaired) electrons. The van der Waals surface area contributed by atoms with Gasteiger partial charge in [0.2, 0.25) is 0 Å². The van der Waals surface area contributed by atoms with Gasteiger partial charge in [-0.05, 0) is 86.0 Å². The number of nitrogens with zero attached hydrogens (tertiary/aromatic N) is 1. The molecular weight excluding hydrogens is 779 g/mol. The number of benzene rings is 10. The number of hydrogen-bond donors (Lipinski definition) is 0. The lowest BCUT2D eigenvalue weighted by molar-refractivity contribution is 0.768. The number of rotatable bonds is 8. The van der Waals surface area contributed by atoms with Crippen LogP contribution in [0, 0.1) is 0 Å². The fourth-order valence-electron chi connectivity index (χ4n) is 10.4. The second kappa shape index (κ2) is 15.3. The van der Waals surface area contributed by atoms with E-state index in [1.807, 2.05) is 11.3 Å². The second-order valence-corrected chi connectivity index (χ2v) is 17.4. The van der Waals surface area contributed by atoms with Crippen LogP contribution in [0.15, 0.2) is 249 Å². The number of anilines is 3. The van der Waals surface area contributed by atoms with Crippen LogP contribution in [0.5, 0.6) is 0 Å². The Kier molecular flexibility index (Phi) is 8.98. The van der Waals surface area contributed by atoms with Gasteiger partial charge < -0.3 is 4.90 Å². The standard InChI is InChI=1S/C61H41NS/c1-4-22-42(23-5-1)45-28-10-11-29-46(45)47-30-12-13-31-48(47)49-32-15-18-37-54(49)62(56-39-21-41-58-60(56)51-34-16-19-40-57(51)63-58)55-38-20-36-53-59(55)50-33-14-17-35-52(50)61(53,43-24-6-2-7-25-43)44-26-8-3-9-27-44/h1-41H. The van der Waals surface area contributed by atoms with Gasteiger partial charge in [-0.2, -0.15) is 0 Å². The molecule has 1 heterocycles. The minimum absolute atomic E-state index is 0.537. The monoisotopic (exact) mass is 819 g/mol. The number of hydrogen-bond acceptors (Lipinski definition) is 2. The molecule has 1 aliphatic rings. The van der Waals surface area contributed by atoms with Crippen molar-refractivity contribution in [3.05, 3.63) is 271 Å². The smallest absolute Gasteiger partial charge is 0.0714 e. The zero-order valence-corrected chi connectivity index (χ0v) is 35.3. The molecule has 0 atom stereocenters. The quantitative estimate of drug-likeness (QED) is 0.148. The van der Waals surface area contributed by atoms with Crippen molar-refractivity contribution in [1.29, 1.82) is 0 Å². The normalized spacial score (nSPS) is 12.6. The van der Waals surface area contributed by atoms with Crippen molar-refractivity contribution in [2.75, 3.05) is 4.90 Å². The third kappa shape index (κ3) is 5.83. The average molecular weight is 820 g/mol. The first-order valence-corrected chi connectivity index (χ1v) is 22.5. The van der Waals surface area contributed by atoms with Gasteiger partial charge in [-0.25, -0.2) is 0 Å². The molecule has 0 unspecified atom stereocenters. The summed E-state index contributed by atoms with van der Waals surface area (Å²) >= 11 is 1.87. The first-order valence-electron chi connectivity index (χ1n) is 21.7. The summed E-state index contributed by atoms with van der Waals surface area (Å²) in [5, 5.41) is 2.53. The fourth-order valence-corrected chi connectivity index (χ4v) is 11.6. The van der Waals surface area contributed by atoms with Crippen LogP contribution in [0.3, 0.4) is 0 Å². The van der Waals surface area contributed by atoms with E-state index in [1.165, 1.54) is 81.4 Å². The Balaban J connectivity index is 1.18. The maximum atomic E-state index is 2.58. The van der Waals surface area contributed by atoms with Crippen LogP contribution in [0.25, 0.3) is 64.7 Å². The highest BCUT2D eigenvalue weighted by Gasteiger charge is 2.47. The van der Waals surface area contributed by atoms with Gasteiger partial charge in [0, 0.05) is 31.3 Å². The van der Waals surface area contributed by atoms with Crippen molar-refractivity contribution < 1.29 is 0 Å². The third-order valence-corrected chi connectivity index (χ3v) is 14.1. The molecule has 1 nitrogen and oxygen atoms in total. The van der Waals surface area contributed by atoms with Gasteiger partial charge in [-0.3, -0.25) is 0 Å². The van der Waals surface area contributed by atoms with Gasteiger partial charge in [0.25, 0.3) is 0 Å². The predicted octanol–water partition coefficient (Wildman–Crippen LogP) is 16.9. The van der Waals surface area contributed by atoms with Gasteiger partial charge in [0.05, 0.1) is 22.5 Å². The highest BCUT2D eigenvalue weighted by Crippen LogP contribution is 2.60. The van der Waals surface area contributed by atoms with Gasteiger partial charge in [0.1, 0.15) is 0 Å². The molecule has 0 saturated carbocycles. The van der Waals surface area contributed by atoms with E-state index < -0.39 is 5.41 Å². The van der Waals surface area contributed by atoms with E-state index in [0.717, 1.165) is 22.6 Å². The summed E-state index contributed by atoms with van der Waals surface area (Å²) in [6.45, 7) is 0. The number of fused-ring (bicyclic) bond motifs is 6. The minimum atomic E-state index is -0.537. The first-order chi connectivity index (χ1) is 31.3. The molecule has 2 heteroatoms. The van der Waals surface area contributed by atoms with E-state index in [4.69, 9.17) is 0 Å². The highest BCUT2D eigenvalue weighted by molar-refractivity contribution is 7.26. The van der Waals surface area contributed by atoms with Gasteiger partial charge in [0.15, 0.2) is 0 Å². The molecular formula is C61H41NS. The van der Waals surface area contributed by atoms with Crippen molar-refractivity contribution >= 4 is 48.6 Å². The topological polar surface area (TPSA) is 3.24 Å². The van der Waals surface area contributed by atoms with E-state index in [0.29, 0.717) is 0 Å². The number of thiophene rings is 1. The Morgan fingerprint density at radius 1 is 0.302 bits per heavy atom. The molecule has 12 rings (SSSR count). The molecule has 0 N–H and O–H groups in total. The van der Waals surface area contributed by atoms with Crippen molar-refractivity contribution in [3.8, 4) is 44.5 Å². The Hall–Kier alpha value is -7.78. The van der Waals surface area contributed by atoms with E-state index in [9.17, 15) is 0 Å². The van der Waals surface area contributed by atoms with Gasteiger partial charge >= 0.3 is 0 Å². The van der Waals surface area contributed by atoms with Crippen LogP contribution < -0.4 is 4.90 Å². The fraction of sp³-hybridized carbons (Fsp3) is 0.0164. The summed E-state index contributed by atoms with van der Waals surface area (Å²) < 4.78 is 2.55. The summed E-state index contributed by atoms with van der Waals surface area (Å²) in [5.74, 6) is 0. The van der Waals surface area contributed by atoms with Crippen molar-refractivity contribution in [2.45, 2.75) is 5.41 Å². The zero-order chi connectivity index (χ0) is 41.7. The molecule has 1 aromatic heterocycles. The third-order valence-electron chi connectivity index (χ3n) is 13.0. The zero-order valence-electron chi connectivity index (χ0n) is 34.5. The molecule has 0 bridgehead atoms. The van der Waals surface area contributed by atoms with E-state index in [1.54, 1.807) is 0 Å². The van der Waals surface area contributed by atoms with Crippen LogP contribution in [0.1, 0.15) is 22.3 Å². The molecule has 0 aliphatic heterocycles. The van der Waals surface area contributed by atoms with E-state index in [2.05, 4.69) is 254 Å². The SMILES string of the molecule is c1ccc(-c2ccccc2-c2ccccc2-c2ccccc2N(c2cccc3c2-c2ccccc2C3(c2ccccc2)c2ccccc2)c2cccc3sc4ccccc4c23)cc1. The summed E-state index contributed by atoms with van der Waals surface area (Å²) in [4.78, 5) is 2.58. The predicted molar refractivity (Wildman–Crippen MR) is 268 cm³/mol. The lowest BCUT2D eigenvalue weighted by atomic mass is 9.68. The molecule has 11 aromatic rings. The van der Waals surface area contributed by atoms with Gasteiger partial charge in [-0.1, -0.05) is 218 Å². The largest absolute Gasteiger partial charge is 0.309 e. The summed E-state index contributed by atoms with van der Waals surface area (Å²) in [6.07, 6.45) is 0. The van der Waals surface area contributed by atoms with Crippen LogP contribution >= 0.6 is 11.3 Å². The Morgan fingerprint density at radius 2 is 0.762 bits per heavy atom. The average Bonchev–Trinajstić information content (AvgIpc) is 3.90. The molecule has 63 heavy (non-hydrogen) atoms. The molecule has 0 amide bonds. The summed E-state index contributed by atoms with van der Waals surface area (Å²) in [5.41, 5.74) is 17.6. The summed E-state index contributed by atoms with van der Waals surface area (Å²) in [6, 6.07) is 91.6. The van der Waals surface area contributed by atoms with Gasteiger partial charge in [-0.15, -0.1) is 11.3 Å². The molecule has 296 valence electrons. The Morgan fingerprint density at radius 3 is 1.48 bits per heavy atom. The highest BCUT2D eigenvalue weighted by atomic mass is 32.1. The van der Waals surface area contributed by atoms with Crippen LogP contribution in [0.2, 0.25) is 0 Å². The second-order valence-electron chi connectivity index (χ2n) is 16.3. The Labute approximate surface area is 372 Å². The summed E-state index contributed by atoms with van der Waals surface area (Å²) in [7, 11) is 0. The maximum Gasteiger partial charge on any atom is 0.0714 e. The van der Waals surface area contributed by atoms with Crippen LogP contribution in [0.4, 0.5) is 17.1 Å². The minimum Gasteiger partial charge on any atom is -0.309 e. The molecule has 0 spiro atoms. The van der Waals surface area contributed by atoms with Crippen molar-refractivity contribution in [1.82, 2.24) is 0 Å². The lowest BCUT2D eigenvalue weighted by Gasteiger charge is -2.35. The Bertz CT molecular complexity index is 3420. The van der Waals surface area contributed by atoms with Crippen LogP contribution in [-0.4, -0.2) is 0 Å². The van der Waals surface area contributed by atoms with Crippen molar-refractivity contribution in [2.24, 2.45) is 0 Å². The van der Waals surface area contributed by atoms with Crippen LogP contribution in [-0.2, 0) is 5.41 Å². The maximum absolute atomic E-state index is 2.58. The molecule has 0 saturated heterocycles. The van der Waals surface area contributed by atoms with Crippen molar-refractivity contribution in [3.63, 3.8) is 0 Å². The molecule has 0 fully saturated rings. The first kappa shape index (κ1) is 37.0. The molecule has 1 aliphatic carbocycles. The van der Waals surface area contributed by atoms with E-state index >= 15 is 0 Å². The molecule has 10 aromatic carbocycles. The number of para-hydroxylation sites is 1. The van der Waals surface area contributed by atoms with E-state index in [-0.39, 0.29) is 0 Å². The lowest BCUT2D eigenvalue weighted by Crippen LogP contribution is -2.28.